The van der Waals surface area contributed by atoms with Crippen molar-refractivity contribution in [3.8, 4) is 11.4 Å². The lowest BCUT2D eigenvalue weighted by molar-refractivity contribution is 0.413. The van der Waals surface area contributed by atoms with Crippen LogP contribution in [0.5, 0.6) is 5.75 Å². The molecule has 0 spiro atoms. The number of hydrogen-bond acceptors (Lipinski definition) is 4. The summed E-state index contributed by atoms with van der Waals surface area (Å²) < 4.78 is 57.0. The largest absolute Gasteiger partial charge is 0.495 e. The molecule has 1 heterocycles. The van der Waals surface area contributed by atoms with E-state index < -0.39 is 27.2 Å². The van der Waals surface area contributed by atoms with Gasteiger partial charge in [-0.25, -0.2) is 18.0 Å². The van der Waals surface area contributed by atoms with Crippen molar-refractivity contribution in [2.24, 2.45) is 0 Å². The zero-order valence-corrected chi connectivity index (χ0v) is 23.1. The van der Waals surface area contributed by atoms with Gasteiger partial charge in [-0.05, 0) is 53.6 Å². The van der Waals surface area contributed by atoms with Gasteiger partial charge in [0.05, 0.1) is 29.0 Å². The molecular formula is C26H22Cl2F2N2O3S2. The zero-order chi connectivity index (χ0) is 26.9. The molecule has 11 heteroatoms. The molecule has 0 bridgehead atoms. The van der Waals surface area contributed by atoms with E-state index in [0.29, 0.717) is 21.6 Å². The van der Waals surface area contributed by atoms with E-state index in [2.05, 4.69) is 4.98 Å². The summed E-state index contributed by atoms with van der Waals surface area (Å²) in [6, 6.07) is 14.4. The predicted molar refractivity (Wildman–Crippen MR) is 144 cm³/mol. The van der Waals surface area contributed by atoms with Gasteiger partial charge in [-0.3, -0.25) is 4.57 Å². The van der Waals surface area contributed by atoms with Crippen molar-refractivity contribution in [3.63, 3.8) is 0 Å². The SMILES string of the molecule is COc1cc(C(C)(C)c2cnc(SCc3ccc(Cl)c(S(=O)O)c3F)n2-c2ccc(F)cc2)ccc1Cl. The first-order valence-electron chi connectivity index (χ1n) is 10.9. The third-order valence-electron chi connectivity index (χ3n) is 5.99. The van der Waals surface area contributed by atoms with Crippen LogP contribution in [-0.2, 0) is 22.2 Å². The minimum absolute atomic E-state index is 0.111. The molecule has 1 unspecified atom stereocenters. The monoisotopic (exact) mass is 582 g/mol. The van der Waals surface area contributed by atoms with Crippen molar-refractivity contribution >= 4 is 46.0 Å². The summed E-state index contributed by atoms with van der Waals surface area (Å²) in [6.07, 6.45) is 1.72. The lowest BCUT2D eigenvalue weighted by Gasteiger charge is -2.28. The van der Waals surface area contributed by atoms with Crippen molar-refractivity contribution in [2.75, 3.05) is 7.11 Å². The number of methoxy groups -OCH3 is 1. The molecule has 0 saturated carbocycles. The normalized spacial score (nSPS) is 12.5. The van der Waals surface area contributed by atoms with Crippen LogP contribution >= 0.6 is 35.0 Å². The van der Waals surface area contributed by atoms with Gasteiger partial charge in [-0.2, -0.15) is 0 Å². The minimum Gasteiger partial charge on any atom is -0.495 e. The van der Waals surface area contributed by atoms with E-state index >= 15 is 0 Å². The van der Waals surface area contributed by atoms with Gasteiger partial charge in [0.1, 0.15) is 22.3 Å². The Kier molecular flexibility index (Phi) is 8.30. The van der Waals surface area contributed by atoms with Crippen LogP contribution in [0.3, 0.4) is 0 Å². The van der Waals surface area contributed by atoms with E-state index in [9.17, 15) is 17.5 Å². The van der Waals surface area contributed by atoms with Gasteiger partial charge in [0, 0.05) is 16.9 Å². The topological polar surface area (TPSA) is 64.3 Å². The van der Waals surface area contributed by atoms with Gasteiger partial charge in [0.2, 0.25) is 0 Å². The maximum Gasteiger partial charge on any atom is 0.191 e. The number of ether oxygens (including phenoxy) is 1. The predicted octanol–water partition coefficient (Wildman–Crippen LogP) is 7.66. The molecule has 0 radical (unpaired) electrons. The van der Waals surface area contributed by atoms with Crippen LogP contribution in [0.4, 0.5) is 8.78 Å². The number of hydrogen-bond donors (Lipinski definition) is 1. The number of benzene rings is 3. The van der Waals surface area contributed by atoms with Crippen LogP contribution in [0.1, 0.15) is 30.7 Å². The summed E-state index contributed by atoms with van der Waals surface area (Å²) >= 11 is 10.8. The number of aromatic nitrogens is 2. The summed E-state index contributed by atoms with van der Waals surface area (Å²) in [5, 5.41) is 0.887. The van der Waals surface area contributed by atoms with Crippen LogP contribution in [0.2, 0.25) is 10.0 Å². The Hall–Kier alpha value is -2.43. The number of nitrogens with zero attached hydrogens (tertiary/aromatic N) is 2. The summed E-state index contributed by atoms with van der Waals surface area (Å²) in [7, 11) is 1.54. The van der Waals surface area contributed by atoms with Crippen molar-refractivity contribution in [1.82, 2.24) is 9.55 Å². The van der Waals surface area contributed by atoms with Crippen molar-refractivity contribution in [3.05, 3.63) is 99.3 Å². The maximum absolute atomic E-state index is 14.9. The van der Waals surface area contributed by atoms with E-state index in [1.54, 1.807) is 31.5 Å². The van der Waals surface area contributed by atoms with Gasteiger partial charge >= 0.3 is 0 Å². The lowest BCUT2D eigenvalue weighted by atomic mass is 9.81. The first-order valence-corrected chi connectivity index (χ1v) is 13.8. The second kappa shape index (κ2) is 11.1. The fourth-order valence-corrected chi connectivity index (χ4v) is 5.93. The fourth-order valence-electron chi connectivity index (χ4n) is 3.90. The minimum atomic E-state index is -2.57. The third kappa shape index (κ3) is 5.56. The molecule has 0 amide bonds. The molecule has 5 nitrogen and oxygen atoms in total. The average Bonchev–Trinajstić information content (AvgIpc) is 3.29. The van der Waals surface area contributed by atoms with E-state index in [-0.39, 0.29) is 22.2 Å². The highest BCUT2D eigenvalue weighted by Crippen LogP contribution is 2.39. The van der Waals surface area contributed by atoms with E-state index in [0.717, 1.165) is 11.3 Å². The molecule has 0 saturated heterocycles. The van der Waals surface area contributed by atoms with E-state index in [4.69, 9.17) is 27.9 Å². The number of halogens is 4. The molecule has 3 aromatic carbocycles. The highest BCUT2D eigenvalue weighted by atomic mass is 35.5. The van der Waals surface area contributed by atoms with Crippen LogP contribution in [0.25, 0.3) is 5.69 Å². The van der Waals surface area contributed by atoms with E-state index in [1.807, 2.05) is 30.5 Å². The summed E-state index contributed by atoms with van der Waals surface area (Å²) in [6.45, 7) is 4.03. The Balaban J connectivity index is 1.79. The van der Waals surface area contributed by atoms with Gasteiger partial charge in [-0.15, -0.1) is 0 Å². The molecule has 0 aliphatic heterocycles. The van der Waals surface area contributed by atoms with Crippen LogP contribution in [-0.4, -0.2) is 25.4 Å². The highest BCUT2D eigenvalue weighted by molar-refractivity contribution is 7.98. The van der Waals surface area contributed by atoms with Crippen molar-refractivity contribution < 1.29 is 22.3 Å². The standard InChI is InChI=1S/C26H22Cl2F2N2O3S2/c1-26(2,16-5-11-19(27)21(12-16)35-3)22-13-31-25(32(22)18-8-6-17(29)7-9-18)36-14-15-4-10-20(28)24(23(15)30)37(33)34/h4-13H,14H2,1-3H3,(H,33,34). The first-order chi connectivity index (χ1) is 17.5. The molecule has 194 valence electrons. The molecule has 1 aromatic heterocycles. The Morgan fingerprint density at radius 1 is 1.08 bits per heavy atom. The van der Waals surface area contributed by atoms with Gasteiger partial charge < -0.3 is 9.29 Å². The van der Waals surface area contributed by atoms with Crippen molar-refractivity contribution in [1.29, 1.82) is 0 Å². The molecule has 4 rings (SSSR count). The molecular weight excluding hydrogens is 561 g/mol. The molecule has 0 aliphatic rings. The van der Waals surface area contributed by atoms with Crippen LogP contribution in [0.15, 0.2) is 70.8 Å². The van der Waals surface area contributed by atoms with E-state index in [1.165, 1.54) is 36.0 Å². The molecule has 1 N–H and O–H groups in total. The second-order valence-corrected chi connectivity index (χ2v) is 11.3. The molecule has 0 aliphatic carbocycles. The zero-order valence-electron chi connectivity index (χ0n) is 20.0. The third-order valence-corrected chi connectivity index (χ3v) is 8.48. The molecule has 37 heavy (non-hydrogen) atoms. The number of thioether (sulfide) groups is 1. The first kappa shape index (κ1) is 27.6. The smallest absolute Gasteiger partial charge is 0.191 e. The highest BCUT2D eigenvalue weighted by Gasteiger charge is 2.30. The Bertz CT molecular complexity index is 1480. The summed E-state index contributed by atoms with van der Waals surface area (Å²) in [4.78, 5) is 4.15. The number of imidazole rings is 1. The Morgan fingerprint density at radius 3 is 2.41 bits per heavy atom. The molecule has 1 atom stereocenters. The summed E-state index contributed by atoms with van der Waals surface area (Å²) in [5.41, 5.74) is 1.97. The molecule has 0 fully saturated rings. The van der Waals surface area contributed by atoms with Gasteiger partial charge in [0.25, 0.3) is 0 Å². The molecule has 4 aromatic rings. The van der Waals surface area contributed by atoms with Gasteiger partial charge in [0.15, 0.2) is 16.2 Å². The maximum atomic E-state index is 14.9. The van der Waals surface area contributed by atoms with Gasteiger partial charge in [-0.1, -0.05) is 60.9 Å². The average molecular weight is 584 g/mol. The Morgan fingerprint density at radius 2 is 1.76 bits per heavy atom. The van der Waals surface area contributed by atoms with Crippen LogP contribution in [0, 0.1) is 11.6 Å². The van der Waals surface area contributed by atoms with Crippen molar-refractivity contribution in [2.45, 2.75) is 35.1 Å². The summed E-state index contributed by atoms with van der Waals surface area (Å²) in [5.74, 6) is -0.575. The quantitative estimate of drug-likeness (QED) is 0.170. The Labute approximate surface area is 230 Å². The lowest BCUT2D eigenvalue weighted by Crippen LogP contribution is -2.23. The fraction of sp³-hybridized carbons (Fsp3) is 0.192. The number of rotatable bonds is 8. The van der Waals surface area contributed by atoms with Crippen LogP contribution < -0.4 is 4.74 Å². The second-order valence-electron chi connectivity index (χ2n) is 8.60.